The maximum atomic E-state index is 5.71. The molecule has 0 N–H and O–H groups in total. The van der Waals surface area contributed by atoms with Crippen molar-refractivity contribution in [2.75, 3.05) is 26.7 Å². The summed E-state index contributed by atoms with van der Waals surface area (Å²) in [4.78, 5) is 2.38. The summed E-state index contributed by atoms with van der Waals surface area (Å²) < 4.78 is 5.71. The minimum absolute atomic E-state index is 0.384. The molecule has 0 aromatic rings. The summed E-state index contributed by atoms with van der Waals surface area (Å²) in [7, 11) is 2.18. The zero-order chi connectivity index (χ0) is 12.6. The first-order chi connectivity index (χ1) is 7.65. The van der Waals surface area contributed by atoms with Crippen molar-refractivity contribution in [3.8, 4) is 0 Å². The summed E-state index contributed by atoms with van der Waals surface area (Å²) in [6.07, 6.45) is 2.75. The van der Waals surface area contributed by atoms with Crippen LogP contribution in [0.5, 0.6) is 0 Å². The van der Waals surface area contributed by atoms with Crippen LogP contribution in [0.15, 0.2) is 11.1 Å². The van der Waals surface area contributed by atoms with Crippen molar-refractivity contribution in [3.63, 3.8) is 0 Å². The molecule has 1 unspecified atom stereocenters. The maximum Gasteiger partial charge on any atom is 0.0802 e. The van der Waals surface area contributed by atoms with Gasteiger partial charge in [0.15, 0.2) is 0 Å². The number of rotatable bonds is 5. The SMILES string of the molecule is CC.CCCN(C)CCC1OCC(C)=C1C. The lowest BCUT2D eigenvalue weighted by atomic mass is 10.1. The van der Waals surface area contributed by atoms with Crippen LogP contribution in [0, 0.1) is 0 Å². The first-order valence-corrected chi connectivity index (χ1v) is 6.61. The second kappa shape index (κ2) is 8.77. The van der Waals surface area contributed by atoms with Crippen LogP contribution < -0.4 is 0 Å². The van der Waals surface area contributed by atoms with Crippen molar-refractivity contribution in [2.24, 2.45) is 0 Å². The lowest BCUT2D eigenvalue weighted by Gasteiger charge is -2.18. The normalized spacial score (nSPS) is 20.1. The molecule has 0 saturated heterocycles. The molecule has 0 amide bonds. The number of hydrogen-bond acceptors (Lipinski definition) is 2. The van der Waals surface area contributed by atoms with Crippen molar-refractivity contribution < 1.29 is 4.74 Å². The first-order valence-electron chi connectivity index (χ1n) is 6.61. The predicted octanol–water partition coefficient (Wildman–Crippen LogP) is 3.48. The second-order valence-electron chi connectivity index (χ2n) is 4.35. The first kappa shape index (κ1) is 15.7. The maximum absolute atomic E-state index is 5.71. The van der Waals surface area contributed by atoms with Crippen molar-refractivity contribution in [1.29, 1.82) is 0 Å². The van der Waals surface area contributed by atoms with Gasteiger partial charge in [-0.05, 0) is 51.4 Å². The number of ether oxygens (including phenoxy) is 1. The van der Waals surface area contributed by atoms with Crippen LogP contribution in [0.25, 0.3) is 0 Å². The van der Waals surface area contributed by atoms with Crippen LogP contribution in [0.3, 0.4) is 0 Å². The molecule has 1 heterocycles. The third kappa shape index (κ3) is 5.13. The molecular formula is C14H29NO. The summed E-state index contributed by atoms with van der Waals surface area (Å²) in [5.41, 5.74) is 2.88. The average Bonchev–Trinajstić information content (AvgIpc) is 2.60. The molecule has 0 aliphatic carbocycles. The van der Waals surface area contributed by atoms with Gasteiger partial charge < -0.3 is 9.64 Å². The number of nitrogens with zero attached hydrogens (tertiary/aromatic N) is 1. The molecule has 1 aliphatic heterocycles. The second-order valence-corrected chi connectivity index (χ2v) is 4.35. The van der Waals surface area contributed by atoms with E-state index < -0.39 is 0 Å². The fourth-order valence-corrected chi connectivity index (χ4v) is 1.87. The van der Waals surface area contributed by atoms with Gasteiger partial charge >= 0.3 is 0 Å². The molecule has 2 nitrogen and oxygen atoms in total. The van der Waals surface area contributed by atoms with E-state index >= 15 is 0 Å². The topological polar surface area (TPSA) is 12.5 Å². The molecule has 0 bridgehead atoms. The van der Waals surface area contributed by atoms with Crippen molar-refractivity contribution >= 4 is 0 Å². The van der Waals surface area contributed by atoms with E-state index in [0.29, 0.717) is 6.10 Å². The van der Waals surface area contributed by atoms with E-state index in [-0.39, 0.29) is 0 Å². The highest BCUT2D eigenvalue weighted by atomic mass is 16.5. The molecule has 96 valence electrons. The highest BCUT2D eigenvalue weighted by molar-refractivity contribution is 5.19. The van der Waals surface area contributed by atoms with Gasteiger partial charge in [-0.25, -0.2) is 0 Å². The van der Waals surface area contributed by atoms with Crippen molar-refractivity contribution in [3.05, 3.63) is 11.1 Å². The van der Waals surface area contributed by atoms with Gasteiger partial charge in [0.25, 0.3) is 0 Å². The summed E-state index contributed by atoms with van der Waals surface area (Å²) in [6, 6.07) is 0. The van der Waals surface area contributed by atoms with Gasteiger partial charge in [0.1, 0.15) is 0 Å². The lowest BCUT2D eigenvalue weighted by Crippen LogP contribution is -2.24. The van der Waals surface area contributed by atoms with Gasteiger partial charge in [0, 0.05) is 6.54 Å². The Morgan fingerprint density at radius 2 is 1.88 bits per heavy atom. The fraction of sp³-hybridized carbons (Fsp3) is 0.857. The summed E-state index contributed by atoms with van der Waals surface area (Å²) in [6.45, 7) is 13.8. The van der Waals surface area contributed by atoms with Gasteiger partial charge in [-0.3, -0.25) is 0 Å². The summed E-state index contributed by atoms with van der Waals surface area (Å²) in [5, 5.41) is 0. The Bertz CT molecular complexity index is 211. The summed E-state index contributed by atoms with van der Waals surface area (Å²) >= 11 is 0. The Labute approximate surface area is 102 Å². The monoisotopic (exact) mass is 227 g/mol. The van der Waals surface area contributed by atoms with E-state index in [1.807, 2.05) is 13.8 Å². The van der Waals surface area contributed by atoms with Gasteiger partial charge in [-0.15, -0.1) is 0 Å². The fourth-order valence-electron chi connectivity index (χ4n) is 1.87. The Kier molecular flexibility index (Phi) is 8.58. The van der Waals surface area contributed by atoms with Crippen LogP contribution in [0.1, 0.15) is 47.5 Å². The van der Waals surface area contributed by atoms with Crippen molar-refractivity contribution in [1.82, 2.24) is 4.90 Å². The zero-order valence-corrected chi connectivity index (χ0v) is 12.0. The molecular weight excluding hydrogens is 198 g/mol. The third-order valence-corrected chi connectivity index (χ3v) is 3.04. The molecule has 0 fully saturated rings. The van der Waals surface area contributed by atoms with E-state index in [1.54, 1.807) is 0 Å². The minimum atomic E-state index is 0.384. The highest BCUT2D eigenvalue weighted by Crippen LogP contribution is 2.22. The Morgan fingerprint density at radius 1 is 1.25 bits per heavy atom. The molecule has 1 rings (SSSR count). The minimum Gasteiger partial charge on any atom is -0.369 e. The predicted molar refractivity (Wildman–Crippen MR) is 71.9 cm³/mol. The van der Waals surface area contributed by atoms with E-state index in [0.717, 1.165) is 19.6 Å². The van der Waals surface area contributed by atoms with E-state index in [2.05, 4.69) is 32.7 Å². The van der Waals surface area contributed by atoms with Crippen LogP contribution in [-0.4, -0.2) is 37.7 Å². The molecule has 0 saturated carbocycles. The molecule has 16 heavy (non-hydrogen) atoms. The van der Waals surface area contributed by atoms with Gasteiger partial charge in [0.2, 0.25) is 0 Å². The van der Waals surface area contributed by atoms with Crippen LogP contribution in [-0.2, 0) is 4.74 Å². The molecule has 0 spiro atoms. The van der Waals surface area contributed by atoms with Crippen LogP contribution >= 0.6 is 0 Å². The lowest BCUT2D eigenvalue weighted by molar-refractivity contribution is 0.104. The quantitative estimate of drug-likeness (QED) is 0.667. The number of hydrogen-bond donors (Lipinski definition) is 0. The Hall–Kier alpha value is -0.340. The smallest absolute Gasteiger partial charge is 0.0802 e. The van der Waals surface area contributed by atoms with E-state index in [1.165, 1.54) is 24.1 Å². The summed E-state index contributed by atoms with van der Waals surface area (Å²) in [5.74, 6) is 0. The van der Waals surface area contributed by atoms with E-state index in [4.69, 9.17) is 4.74 Å². The van der Waals surface area contributed by atoms with Crippen molar-refractivity contribution in [2.45, 2.75) is 53.6 Å². The van der Waals surface area contributed by atoms with Crippen LogP contribution in [0.2, 0.25) is 0 Å². The molecule has 1 atom stereocenters. The van der Waals surface area contributed by atoms with E-state index in [9.17, 15) is 0 Å². The van der Waals surface area contributed by atoms with Gasteiger partial charge in [0.05, 0.1) is 12.7 Å². The highest BCUT2D eigenvalue weighted by Gasteiger charge is 2.20. The average molecular weight is 227 g/mol. The molecule has 0 aromatic heterocycles. The van der Waals surface area contributed by atoms with Crippen LogP contribution in [0.4, 0.5) is 0 Å². The molecule has 2 heteroatoms. The van der Waals surface area contributed by atoms with Gasteiger partial charge in [-0.2, -0.15) is 0 Å². The Balaban J connectivity index is 0.00000106. The molecule has 1 aliphatic rings. The zero-order valence-electron chi connectivity index (χ0n) is 12.0. The third-order valence-electron chi connectivity index (χ3n) is 3.04. The molecule has 0 radical (unpaired) electrons. The largest absolute Gasteiger partial charge is 0.369 e. The molecule has 0 aromatic carbocycles. The van der Waals surface area contributed by atoms with Gasteiger partial charge in [-0.1, -0.05) is 20.8 Å². The Morgan fingerprint density at radius 3 is 2.31 bits per heavy atom. The standard InChI is InChI=1S/C12H23NO.C2H6/c1-5-7-13(4)8-6-12-11(3)10(2)9-14-12;1-2/h12H,5-9H2,1-4H3;1-2H3.